The average molecular weight is 483 g/mol. The lowest BCUT2D eigenvalue weighted by molar-refractivity contribution is -0.124. The molecule has 2 rings (SSSR count). The molecule has 0 aromatic heterocycles. The van der Waals surface area contributed by atoms with E-state index in [0.717, 1.165) is 13.1 Å². The van der Waals surface area contributed by atoms with E-state index >= 15 is 0 Å². The molecule has 1 aromatic rings. The van der Waals surface area contributed by atoms with Gasteiger partial charge in [0, 0.05) is 37.8 Å². The van der Waals surface area contributed by atoms with Crippen LogP contribution in [-0.2, 0) is 19.6 Å². The summed E-state index contributed by atoms with van der Waals surface area (Å²) < 4.78 is 32.4. The second kappa shape index (κ2) is 12.5. The van der Waals surface area contributed by atoms with Crippen LogP contribution >= 0.6 is 0 Å². The summed E-state index contributed by atoms with van der Waals surface area (Å²) in [6.45, 7) is 13.3. The zero-order valence-corrected chi connectivity index (χ0v) is 21.2. The predicted octanol–water partition coefficient (Wildman–Crippen LogP) is 1.31. The van der Waals surface area contributed by atoms with E-state index in [0.29, 0.717) is 25.8 Å². The lowest BCUT2D eigenvalue weighted by Crippen LogP contribution is -2.51. The Hall–Kier alpha value is -2.01. The van der Waals surface area contributed by atoms with Crippen molar-refractivity contribution in [3.05, 3.63) is 29.8 Å². The molecule has 1 fully saturated rings. The number of carbonyl (C=O) groups excluding carboxylic acids is 2. The third kappa shape index (κ3) is 7.49. The van der Waals surface area contributed by atoms with Gasteiger partial charge >= 0.3 is 0 Å². The second-order valence-electron chi connectivity index (χ2n) is 8.75. The zero-order chi connectivity index (χ0) is 24.6. The summed E-state index contributed by atoms with van der Waals surface area (Å²) in [5.74, 6) is -0.878. The minimum Gasteiger partial charge on any atom is -0.379 e. The summed E-state index contributed by atoms with van der Waals surface area (Å²) in [7, 11) is -3.72. The van der Waals surface area contributed by atoms with Gasteiger partial charge in [-0.2, -0.15) is 4.31 Å². The maximum absolute atomic E-state index is 12.9. The van der Waals surface area contributed by atoms with Gasteiger partial charge < -0.3 is 15.4 Å². The second-order valence-corrected chi connectivity index (χ2v) is 10.7. The number of amides is 2. The Kier molecular flexibility index (Phi) is 10.3. The van der Waals surface area contributed by atoms with Crippen molar-refractivity contribution in [2.45, 2.75) is 51.6 Å². The van der Waals surface area contributed by atoms with E-state index in [2.05, 4.69) is 36.3 Å². The minimum atomic E-state index is -3.72. The van der Waals surface area contributed by atoms with Gasteiger partial charge in [0.05, 0.1) is 18.1 Å². The summed E-state index contributed by atoms with van der Waals surface area (Å²) in [6, 6.07) is 5.57. The van der Waals surface area contributed by atoms with Crippen LogP contribution in [0.1, 0.15) is 45.0 Å². The number of nitrogens with zero attached hydrogens (tertiary/aromatic N) is 2. The summed E-state index contributed by atoms with van der Waals surface area (Å²) >= 11 is 0. The third-order valence-electron chi connectivity index (χ3n) is 5.77. The van der Waals surface area contributed by atoms with E-state index < -0.39 is 22.0 Å². The molecular weight excluding hydrogens is 444 g/mol. The fraction of sp³-hybridized carbons (Fsp3) is 0.652. The highest BCUT2D eigenvalue weighted by Gasteiger charge is 2.28. The van der Waals surface area contributed by atoms with Gasteiger partial charge in [-0.3, -0.25) is 14.5 Å². The number of rotatable bonds is 11. The highest BCUT2D eigenvalue weighted by molar-refractivity contribution is 7.89. The first-order chi connectivity index (χ1) is 15.6. The quantitative estimate of drug-likeness (QED) is 0.492. The molecule has 33 heavy (non-hydrogen) atoms. The standard InChI is InChI=1S/C23H38N4O5S/c1-6-26(18(4)5)11-10-24-23(29)21(17(2)3)25-22(28)19-8-7-9-20(16-19)33(30,31)27-12-14-32-15-13-27/h7-9,16-18,21H,6,10-15H2,1-5H3,(H,24,29)(H,25,28). The molecule has 1 heterocycles. The van der Waals surface area contributed by atoms with Gasteiger partial charge in [0.25, 0.3) is 5.91 Å². The number of carbonyl (C=O) groups is 2. The maximum atomic E-state index is 12.9. The normalized spacial score (nSPS) is 16.2. The topological polar surface area (TPSA) is 108 Å². The summed E-state index contributed by atoms with van der Waals surface area (Å²) in [6.07, 6.45) is 0. The van der Waals surface area contributed by atoms with Gasteiger partial charge in [-0.15, -0.1) is 0 Å². The van der Waals surface area contributed by atoms with Crippen LogP contribution in [0.15, 0.2) is 29.2 Å². The number of benzene rings is 1. The molecular formula is C23H38N4O5S. The van der Waals surface area contributed by atoms with E-state index in [1.165, 1.54) is 22.5 Å². The molecule has 9 nitrogen and oxygen atoms in total. The van der Waals surface area contributed by atoms with Gasteiger partial charge in [-0.25, -0.2) is 8.42 Å². The maximum Gasteiger partial charge on any atom is 0.251 e. The molecule has 0 saturated carbocycles. The zero-order valence-electron chi connectivity index (χ0n) is 20.3. The van der Waals surface area contributed by atoms with Gasteiger partial charge in [0.15, 0.2) is 0 Å². The molecule has 0 radical (unpaired) electrons. The highest BCUT2D eigenvalue weighted by Crippen LogP contribution is 2.18. The summed E-state index contributed by atoms with van der Waals surface area (Å²) in [4.78, 5) is 28.0. The van der Waals surface area contributed by atoms with E-state index in [1.54, 1.807) is 6.07 Å². The first kappa shape index (κ1) is 27.2. The van der Waals surface area contributed by atoms with E-state index in [4.69, 9.17) is 4.74 Å². The fourth-order valence-corrected chi connectivity index (χ4v) is 5.16. The van der Waals surface area contributed by atoms with Crippen molar-refractivity contribution in [3.63, 3.8) is 0 Å². The smallest absolute Gasteiger partial charge is 0.251 e. The molecule has 1 aromatic carbocycles. The van der Waals surface area contributed by atoms with E-state index in [-0.39, 0.29) is 35.4 Å². The molecule has 0 bridgehead atoms. The van der Waals surface area contributed by atoms with Crippen LogP contribution in [0.4, 0.5) is 0 Å². The molecule has 0 aliphatic carbocycles. The van der Waals surface area contributed by atoms with Crippen LogP contribution in [0, 0.1) is 5.92 Å². The number of hydrogen-bond acceptors (Lipinski definition) is 6. The van der Waals surface area contributed by atoms with Crippen molar-refractivity contribution in [2.24, 2.45) is 5.92 Å². The molecule has 1 saturated heterocycles. The lowest BCUT2D eigenvalue weighted by atomic mass is 10.0. The van der Waals surface area contributed by atoms with Crippen molar-refractivity contribution in [1.82, 2.24) is 19.8 Å². The molecule has 10 heteroatoms. The number of likely N-dealkylation sites (N-methyl/N-ethyl adjacent to an activating group) is 1. The minimum absolute atomic E-state index is 0.0518. The van der Waals surface area contributed by atoms with Crippen molar-refractivity contribution < 1.29 is 22.7 Å². The molecule has 186 valence electrons. The summed E-state index contributed by atoms with van der Waals surface area (Å²) in [5, 5.41) is 5.68. The Morgan fingerprint density at radius 3 is 2.39 bits per heavy atom. The van der Waals surface area contributed by atoms with Gasteiger partial charge in [0.2, 0.25) is 15.9 Å². The highest BCUT2D eigenvalue weighted by atomic mass is 32.2. The van der Waals surface area contributed by atoms with Crippen LogP contribution in [0.3, 0.4) is 0 Å². The van der Waals surface area contributed by atoms with Gasteiger partial charge in [-0.1, -0.05) is 26.8 Å². The first-order valence-electron chi connectivity index (χ1n) is 11.6. The van der Waals surface area contributed by atoms with Gasteiger partial charge in [0.1, 0.15) is 6.04 Å². The Morgan fingerprint density at radius 2 is 1.82 bits per heavy atom. The predicted molar refractivity (Wildman–Crippen MR) is 128 cm³/mol. The molecule has 1 atom stereocenters. The van der Waals surface area contributed by atoms with Crippen LogP contribution in [0.2, 0.25) is 0 Å². The van der Waals surface area contributed by atoms with Crippen molar-refractivity contribution in [3.8, 4) is 0 Å². The number of sulfonamides is 1. The fourth-order valence-electron chi connectivity index (χ4n) is 3.71. The number of nitrogens with one attached hydrogen (secondary N) is 2. The molecule has 1 unspecified atom stereocenters. The third-order valence-corrected chi connectivity index (χ3v) is 7.67. The van der Waals surface area contributed by atoms with E-state index in [1.807, 2.05) is 13.8 Å². The molecule has 2 amide bonds. The van der Waals surface area contributed by atoms with E-state index in [9.17, 15) is 18.0 Å². The van der Waals surface area contributed by atoms with Crippen molar-refractivity contribution >= 4 is 21.8 Å². The molecule has 1 aliphatic heterocycles. The largest absolute Gasteiger partial charge is 0.379 e. The Balaban J connectivity index is 2.06. The number of morpholine rings is 1. The van der Waals surface area contributed by atoms with Crippen LogP contribution in [0.5, 0.6) is 0 Å². The van der Waals surface area contributed by atoms with Crippen molar-refractivity contribution in [1.29, 1.82) is 0 Å². The van der Waals surface area contributed by atoms with Crippen molar-refractivity contribution in [2.75, 3.05) is 45.9 Å². The molecule has 2 N–H and O–H groups in total. The monoisotopic (exact) mass is 482 g/mol. The molecule has 0 spiro atoms. The SMILES string of the molecule is CCN(CCNC(=O)C(NC(=O)c1cccc(S(=O)(=O)N2CCOCC2)c1)C(C)C)C(C)C. The average Bonchev–Trinajstić information content (AvgIpc) is 2.80. The van der Waals surface area contributed by atoms with Gasteiger partial charge in [-0.05, 0) is 44.5 Å². The van der Waals surface area contributed by atoms with Crippen LogP contribution < -0.4 is 10.6 Å². The van der Waals surface area contributed by atoms with Crippen LogP contribution in [0.25, 0.3) is 0 Å². The Labute approximate surface area is 197 Å². The molecule has 1 aliphatic rings. The van der Waals surface area contributed by atoms with Crippen LogP contribution in [-0.4, -0.2) is 87.5 Å². The first-order valence-corrected chi connectivity index (χ1v) is 13.0. The Morgan fingerprint density at radius 1 is 1.15 bits per heavy atom. The number of hydrogen-bond donors (Lipinski definition) is 2. The summed E-state index contributed by atoms with van der Waals surface area (Å²) in [5.41, 5.74) is 0.194. The Bertz CT molecular complexity index is 898. The number of ether oxygens (including phenoxy) is 1. The lowest BCUT2D eigenvalue weighted by Gasteiger charge is -2.26.